The van der Waals surface area contributed by atoms with Crippen LogP contribution in [0.2, 0.25) is 0 Å². The predicted molar refractivity (Wildman–Crippen MR) is 91.5 cm³/mol. The molecule has 130 valence electrons. The predicted octanol–water partition coefficient (Wildman–Crippen LogP) is 3.19. The molecule has 4 heteroatoms. The zero-order valence-electron chi connectivity index (χ0n) is 14.6. The summed E-state index contributed by atoms with van der Waals surface area (Å²) in [6.07, 6.45) is 10.3. The molecule has 22 heavy (non-hydrogen) atoms. The molecule has 0 aromatic rings. The number of aliphatic hydroxyl groups is 2. The Balaban J connectivity index is 4.34. The lowest BCUT2D eigenvalue weighted by Crippen LogP contribution is -2.19. The molecule has 1 atom stereocenters. The molecule has 0 amide bonds. The molecule has 0 heterocycles. The summed E-state index contributed by atoms with van der Waals surface area (Å²) in [5.74, 6) is 1.31. The molecule has 0 fully saturated rings. The fourth-order valence-electron chi connectivity index (χ4n) is 3.07. The van der Waals surface area contributed by atoms with Crippen LogP contribution in [0.25, 0.3) is 0 Å². The standard InChI is InChI=1S/C18H36N2O2/c1-20(2)13-11-18(8-4-3-5-12-19)16-17(9-6-14-21)10-7-15-22/h17-18,21-22H,3-11,13-16H2,1-2H3. The normalized spacial score (nSPS) is 12.8. The lowest BCUT2D eigenvalue weighted by atomic mass is 9.83. The van der Waals surface area contributed by atoms with Crippen molar-refractivity contribution in [3.8, 4) is 6.07 Å². The minimum atomic E-state index is 0.264. The first-order chi connectivity index (χ1) is 10.6. The van der Waals surface area contributed by atoms with E-state index in [4.69, 9.17) is 15.5 Å². The highest BCUT2D eigenvalue weighted by Gasteiger charge is 2.16. The van der Waals surface area contributed by atoms with Crippen molar-refractivity contribution < 1.29 is 10.2 Å². The average Bonchev–Trinajstić information content (AvgIpc) is 2.50. The van der Waals surface area contributed by atoms with Gasteiger partial charge in [0.2, 0.25) is 0 Å². The first kappa shape index (κ1) is 21.4. The van der Waals surface area contributed by atoms with E-state index in [1.165, 1.54) is 19.3 Å². The first-order valence-electron chi connectivity index (χ1n) is 8.87. The van der Waals surface area contributed by atoms with Gasteiger partial charge in [0.05, 0.1) is 6.07 Å². The van der Waals surface area contributed by atoms with E-state index >= 15 is 0 Å². The van der Waals surface area contributed by atoms with E-state index < -0.39 is 0 Å². The molecule has 2 N–H and O–H groups in total. The van der Waals surface area contributed by atoms with E-state index in [9.17, 15) is 0 Å². The van der Waals surface area contributed by atoms with E-state index in [1.807, 2.05) is 0 Å². The van der Waals surface area contributed by atoms with Gasteiger partial charge in [0.1, 0.15) is 0 Å². The second-order valence-corrected chi connectivity index (χ2v) is 6.70. The number of aliphatic hydroxyl groups excluding tert-OH is 2. The van der Waals surface area contributed by atoms with Crippen LogP contribution < -0.4 is 0 Å². The van der Waals surface area contributed by atoms with Crippen LogP contribution in [0.3, 0.4) is 0 Å². The summed E-state index contributed by atoms with van der Waals surface area (Å²) >= 11 is 0. The lowest BCUT2D eigenvalue weighted by Gasteiger charge is -2.25. The molecule has 0 saturated carbocycles. The van der Waals surface area contributed by atoms with Crippen molar-refractivity contribution in [3.05, 3.63) is 0 Å². The Kier molecular flexibility index (Phi) is 14.8. The van der Waals surface area contributed by atoms with Crippen molar-refractivity contribution in [2.24, 2.45) is 11.8 Å². The summed E-state index contributed by atoms with van der Waals surface area (Å²) in [6.45, 7) is 1.63. The van der Waals surface area contributed by atoms with E-state index in [2.05, 4.69) is 25.1 Å². The van der Waals surface area contributed by atoms with Crippen molar-refractivity contribution in [3.63, 3.8) is 0 Å². The first-order valence-corrected chi connectivity index (χ1v) is 8.87. The van der Waals surface area contributed by atoms with E-state index in [0.29, 0.717) is 18.3 Å². The largest absolute Gasteiger partial charge is 0.396 e. The maximum absolute atomic E-state index is 9.06. The summed E-state index contributed by atoms with van der Waals surface area (Å²) in [5, 5.41) is 26.8. The van der Waals surface area contributed by atoms with Gasteiger partial charge in [0.15, 0.2) is 0 Å². The van der Waals surface area contributed by atoms with Crippen LogP contribution in [0.1, 0.15) is 64.2 Å². The van der Waals surface area contributed by atoms with Gasteiger partial charge in [-0.15, -0.1) is 0 Å². The molecule has 0 bridgehead atoms. The van der Waals surface area contributed by atoms with Crippen LogP contribution in [0.15, 0.2) is 0 Å². The van der Waals surface area contributed by atoms with Crippen LogP contribution in [-0.2, 0) is 0 Å². The fraction of sp³-hybridized carbons (Fsp3) is 0.944. The van der Waals surface area contributed by atoms with Gasteiger partial charge >= 0.3 is 0 Å². The summed E-state index contributed by atoms with van der Waals surface area (Å²) in [7, 11) is 4.23. The molecule has 4 nitrogen and oxygen atoms in total. The Hall–Kier alpha value is -0.630. The fourth-order valence-corrected chi connectivity index (χ4v) is 3.07. The monoisotopic (exact) mass is 312 g/mol. The van der Waals surface area contributed by atoms with Gasteiger partial charge in [-0.05, 0) is 77.4 Å². The molecule has 0 spiro atoms. The van der Waals surface area contributed by atoms with Crippen molar-refractivity contribution in [2.75, 3.05) is 33.9 Å². The summed E-state index contributed by atoms with van der Waals surface area (Å²) in [4.78, 5) is 2.23. The number of hydrogen-bond acceptors (Lipinski definition) is 4. The van der Waals surface area contributed by atoms with Gasteiger partial charge in [0, 0.05) is 19.6 Å². The van der Waals surface area contributed by atoms with Crippen molar-refractivity contribution >= 4 is 0 Å². The lowest BCUT2D eigenvalue weighted by molar-refractivity contribution is 0.220. The average molecular weight is 312 g/mol. The highest BCUT2D eigenvalue weighted by Crippen LogP contribution is 2.28. The molecule has 0 aliphatic carbocycles. The third kappa shape index (κ3) is 13.1. The molecule has 0 aromatic heterocycles. The summed E-state index contributed by atoms with van der Waals surface area (Å²) in [6, 6.07) is 2.22. The molecular weight excluding hydrogens is 276 g/mol. The topological polar surface area (TPSA) is 67.5 Å². The van der Waals surface area contributed by atoms with Crippen molar-refractivity contribution in [1.82, 2.24) is 4.90 Å². The summed E-state index contributed by atoms with van der Waals surface area (Å²) in [5.41, 5.74) is 0. The quantitative estimate of drug-likeness (QED) is 0.456. The van der Waals surface area contributed by atoms with Gasteiger partial charge in [-0.2, -0.15) is 5.26 Å². The zero-order chi connectivity index (χ0) is 16.6. The molecular formula is C18H36N2O2. The maximum Gasteiger partial charge on any atom is 0.0621 e. The Morgan fingerprint density at radius 3 is 1.91 bits per heavy atom. The second-order valence-electron chi connectivity index (χ2n) is 6.70. The molecule has 0 aromatic carbocycles. The minimum Gasteiger partial charge on any atom is -0.396 e. The maximum atomic E-state index is 9.06. The van der Waals surface area contributed by atoms with Crippen LogP contribution >= 0.6 is 0 Å². The second kappa shape index (κ2) is 15.3. The Bertz CT molecular complexity index is 269. The molecule has 0 aliphatic rings. The smallest absolute Gasteiger partial charge is 0.0621 e. The summed E-state index contributed by atoms with van der Waals surface area (Å²) < 4.78 is 0. The number of rotatable bonds is 15. The van der Waals surface area contributed by atoms with Crippen LogP contribution in [0.4, 0.5) is 0 Å². The van der Waals surface area contributed by atoms with Crippen molar-refractivity contribution in [2.45, 2.75) is 64.2 Å². The van der Waals surface area contributed by atoms with Gasteiger partial charge in [-0.3, -0.25) is 0 Å². The van der Waals surface area contributed by atoms with Crippen LogP contribution in [0.5, 0.6) is 0 Å². The van der Waals surface area contributed by atoms with E-state index in [-0.39, 0.29) is 13.2 Å². The minimum absolute atomic E-state index is 0.264. The third-order valence-electron chi connectivity index (χ3n) is 4.34. The van der Waals surface area contributed by atoms with E-state index in [0.717, 1.165) is 45.1 Å². The molecule has 0 saturated heterocycles. The van der Waals surface area contributed by atoms with Gasteiger partial charge < -0.3 is 15.1 Å². The SMILES string of the molecule is CN(C)CCC(CCCCC#N)CC(CCCO)CCCO. The Labute approximate surface area is 137 Å². The third-order valence-corrected chi connectivity index (χ3v) is 4.34. The van der Waals surface area contributed by atoms with Crippen LogP contribution in [0, 0.1) is 23.2 Å². The molecule has 1 unspecified atom stereocenters. The number of hydrogen-bond donors (Lipinski definition) is 2. The van der Waals surface area contributed by atoms with Gasteiger partial charge in [-0.25, -0.2) is 0 Å². The van der Waals surface area contributed by atoms with E-state index in [1.54, 1.807) is 0 Å². The van der Waals surface area contributed by atoms with Gasteiger partial charge in [-0.1, -0.05) is 12.8 Å². The number of nitriles is 1. The highest BCUT2D eigenvalue weighted by molar-refractivity contribution is 4.72. The molecule has 0 rings (SSSR count). The Morgan fingerprint density at radius 2 is 1.41 bits per heavy atom. The van der Waals surface area contributed by atoms with Crippen molar-refractivity contribution in [1.29, 1.82) is 5.26 Å². The van der Waals surface area contributed by atoms with Crippen LogP contribution in [-0.4, -0.2) is 49.0 Å². The Morgan fingerprint density at radius 1 is 0.864 bits per heavy atom. The number of nitrogens with zero attached hydrogens (tertiary/aromatic N) is 2. The molecule has 0 aliphatic heterocycles. The highest BCUT2D eigenvalue weighted by atomic mass is 16.3. The zero-order valence-corrected chi connectivity index (χ0v) is 14.6. The molecule has 0 radical (unpaired) electrons. The van der Waals surface area contributed by atoms with Gasteiger partial charge in [0.25, 0.3) is 0 Å². The number of unbranched alkanes of at least 4 members (excludes halogenated alkanes) is 2.